The molecule has 0 radical (unpaired) electrons. The van der Waals surface area contributed by atoms with Crippen molar-refractivity contribution in [2.75, 3.05) is 39.3 Å². The predicted octanol–water partition coefficient (Wildman–Crippen LogP) is 3.78. The van der Waals surface area contributed by atoms with Crippen molar-refractivity contribution in [2.45, 2.75) is 44.7 Å². The van der Waals surface area contributed by atoms with Gasteiger partial charge in [-0.25, -0.2) is 0 Å². The number of benzene rings is 2. The number of piperazine rings is 1. The summed E-state index contributed by atoms with van der Waals surface area (Å²) in [6, 6.07) is 21.6. The van der Waals surface area contributed by atoms with Crippen LogP contribution in [0.4, 0.5) is 0 Å². The molecule has 2 heterocycles. The van der Waals surface area contributed by atoms with Crippen LogP contribution in [0.25, 0.3) is 0 Å². The Kier molecular flexibility index (Phi) is 7.54. The third-order valence-electron chi connectivity index (χ3n) is 6.82. The zero-order valence-corrected chi connectivity index (χ0v) is 19.0. The molecule has 166 valence electrons. The van der Waals surface area contributed by atoms with Crippen LogP contribution in [0.15, 0.2) is 60.7 Å². The maximum Gasteiger partial charge on any atom is 0.158 e. The fraction of sp³-hybridized carbons (Fsp3) is 0.519. The van der Waals surface area contributed by atoms with Gasteiger partial charge in [0.15, 0.2) is 5.78 Å². The number of Topliss-reactive ketones (excluding diaryl/α,β-unsaturated/α-hetero) is 1. The van der Waals surface area contributed by atoms with Crippen LogP contribution in [0, 0.1) is 5.92 Å². The van der Waals surface area contributed by atoms with Crippen molar-refractivity contribution in [3.63, 3.8) is 0 Å². The number of hydrogen-bond donors (Lipinski definition) is 1. The van der Waals surface area contributed by atoms with E-state index in [1.54, 1.807) is 0 Å². The van der Waals surface area contributed by atoms with Gasteiger partial charge >= 0.3 is 0 Å². The minimum Gasteiger partial charge on any atom is -0.309 e. The number of hydrogen-bond acceptors (Lipinski definition) is 4. The normalized spacial score (nSPS) is 23.8. The van der Waals surface area contributed by atoms with Gasteiger partial charge in [-0.1, -0.05) is 60.7 Å². The van der Waals surface area contributed by atoms with Crippen LogP contribution in [0.3, 0.4) is 0 Å². The molecule has 0 aliphatic carbocycles. The SMILES string of the molecule is CC1CN(CC2CCN(CC(=O)C(c3ccccc3)c3ccccc3)CC2)CC(C)N1. The van der Waals surface area contributed by atoms with Crippen molar-refractivity contribution >= 4 is 5.78 Å². The molecular weight excluding hydrogens is 382 g/mol. The monoisotopic (exact) mass is 419 g/mol. The van der Waals surface area contributed by atoms with E-state index in [0.717, 1.165) is 43.2 Å². The Balaban J connectivity index is 1.33. The molecule has 2 aliphatic heterocycles. The molecule has 2 aromatic rings. The molecule has 0 bridgehead atoms. The predicted molar refractivity (Wildman–Crippen MR) is 127 cm³/mol. The lowest BCUT2D eigenvalue weighted by molar-refractivity contribution is -0.121. The average Bonchev–Trinajstić information content (AvgIpc) is 2.76. The van der Waals surface area contributed by atoms with Gasteiger partial charge in [-0.05, 0) is 56.8 Å². The highest BCUT2D eigenvalue weighted by Crippen LogP contribution is 2.27. The summed E-state index contributed by atoms with van der Waals surface area (Å²) in [4.78, 5) is 18.4. The number of nitrogens with one attached hydrogen (secondary N) is 1. The summed E-state index contributed by atoms with van der Waals surface area (Å²) in [6.07, 6.45) is 2.39. The first-order valence-electron chi connectivity index (χ1n) is 11.9. The standard InChI is InChI=1S/C27H37N3O/c1-21-17-30(18-22(2)28-21)19-23-13-15-29(16-14-23)20-26(31)27(24-9-5-3-6-10-24)25-11-7-4-8-12-25/h3-12,21-23,27-28H,13-20H2,1-2H3. The molecule has 4 rings (SSSR count). The number of nitrogens with zero attached hydrogens (tertiary/aromatic N) is 2. The lowest BCUT2D eigenvalue weighted by Crippen LogP contribution is -2.55. The van der Waals surface area contributed by atoms with E-state index in [2.05, 4.69) is 53.2 Å². The van der Waals surface area contributed by atoms with Crippen molar-refractivity contribution in [1.82, 2.24) is 15.1 Å². The second-order valence-corrected chi connectivity index (χ2v) is 9.63. The van der Waals surface area contributed by atoms with Crippen molar-refractivity contribution in [3.8, 4) is 0 Å². The van der Waals surface area contributed by atoms with Gasteiger partial charge in [0.1, 0.15) is 0 Å². The van der Waals surface area contributed by atoms with Crippen LogP contribution >= 0.6 is 0 Å². The van der Waals surface area contributed by atoms with Gasteiger partial charge < -0.3 is 5.32 Å². The summed E-state index contributed by atoms with van der Waals surface area (Å²) in [5, 5.41) is 3.63. The number of piperidine rings is 1. The molecule has 4 heteroatoms. The van der Waals surface area contributed by atoms with Crippen molar-refractivity contribution in [2.24, 2.45) is 5.92 Å². The molecule has 2 aliphatic rings. The van der Waals surface area contributed by atoms with Gasteiger partial charge in [0.25, 0.3) is 0 Å². The molecule has 0 aromatic heterocycles. The highest BCUT2D eigenvalue weighted by molar-refractivity contribution is 5.90. The van der Waals surface area contributed by atoms with Crippen LogP contribution in [-0.2, 0) is 4.79 Å². The van der Waals surface area contributed by atoms with Crippen LogP contribution in [0.2, 0.25) is 0 Å². The molecule has 4 nitrogen and oxygen atoms in total. The van der Waals surface area contributed by atoms with E-state index in [0.29, 0.717) is 24.4 Å². The van der Waals surface area contributed by atoms with Crippen LogP contribution in [-0.4, -0.2) is 66.9 Å². The van der Waals surface area contributed by atoms with Gasteiger partial charge in [-0.3, -0.25) is 14.6 Å². The fourth-order valence-electron chi connectivity index (χ4n) is 5.45. The minimum absolute atomic E-state index is 0.177. The van der Waals surface area contributed by atoms with E-state index in [9.17, 15) is 4.79 Å². The number of likely N-dealkylation sites (tertiary alicyclic amines) is 1. The fourth-order valence-corrected chi connectivity index (χ4v) is 5.45. The highest BCUT2D eigenvalue weighted by Gasteiger charge is 2.29. The minimum atomic E-state index is -0.177. The Hall–Kier alpha value is -2.01. The van der Waals surface area contributed by atoms with E-state index in [1.807, 2.05) is 36.4 Å². The Morgan fingerprint density at radius 1 is 0.871 bits per heavy atom. The number of ketones is 1. The van der Waals surface area contributed by atoms with Crippen molar-refractivity contribution < 1.29 is 4.79 Å². The third kappa shape index (κ3) is 6.03. The van der Waals surface area contributed by atoms with Crippen molar-refractivity contribution in [3.05, 3.63) is 71.8 Å². The maximum atomic E-state index is 13.4. The molecule has 2 atom stereocenters. The van der Waals surface area contributed by atoms with E-state index in [-0.39, 0.29) is 5.92 Å². The van der Waals surface area contributed by atoms with Crippen LogP contribution in [0.5, 0.6) is 0 Å². The van der Waals surface area contributed by atoms with Crippen LogP contribution < -0.4 is 5.32 Å². The van der Waals surface area contributed by atoms with Crippen LogP contribution in [0.1, 0.15) is 43.7 Å². The number of carbonyl (C=O) groups excluding carboxylic acids is 1. The first-order chi connectivity index (χ1) is 15.1. The molecule has 2 saturated heterocycles. The summed E-state index contributed by atoms with van der Waals surface area (Å²) < 4.78 is 0. The molecule has 31 heavy (non-hydrogen) atoms. The Morgan fingerprint density at radius 3 is 1.90 bits per heavy atom. The molecule has 2 unspecified atom stereocenters. The number of carbonyl (C=O) groups is 1. The Labute approximate surface area is 187 Å². The largest absolute Gasteiger partial charge is 0.309 e. The summed E-state index contributed by atoms with van der Waals surface area (Å²) in [5.74, 6) is 0.882. The first kappa shape index (κ1) is 22.2. The zero-order valence-electron chi connectivity index (χ0n) is 19.0. The summed E-state index contributed by atoms with van der Waals surface area (Å²) >= 11 is 0. The van der Waals surface area contributed by atoms with Gasteiger partial charge in [0.2, 0.25) is 0 Å². The quantitative estimate of drug-likeness (QED) is 0.741. The zero-order chi connectivity index (χ0) is 21.6. The number of rotatable bonds is 7. The molecule has 2 aromatic carbocycles. The lowest BCUT2D eigenvalue weighted by Gasteiger charge is -2.40. The molecule has 0 amide bonds. The first-order valence-corrected chi connectivity index (χ1v) is 11.9. The van der Waals surface area contributed by atoms with Gasteiger partial charge in [-0.15, -0.1) is 0 Å². The maximum absolute atomic E-state index is 13.4. The second-order valence-electron chi connectivity index (χ2n) is 9.63. The molecule has 0 saturated carbocycles. The third-order valence-corrected chi connectivity index (χ3v) is 6.82. The summed E-state index contributed by atoms with van der Waals surface area (Å²) in [6.45, 7) is 10.7. The molecular formula is C27H37N3O. The molecule has 1 N–H and O–H groups in total. The van der Waals surface area contributed by atoms with E-state index >= 15 is 0 Å². The molecule has 2 fully saturated rings. The Bertz CT molecular complexity index is 767. The van der Waals surface area contributed by atoms with Gasteiger partial charge in [-0.2, -0.15) is 0 Å². The van der Waals surface area contributed by atoms with Gasteiger partial charge in [0.05, 0.1) is 12.5 Å². The summed E-state index contributed by atoms with van der Waals surface area (Å²) in [7, 11) is 0. The van der Waals surface area contributed by atoms with Crippen molar-refractivity contribution in [1.29, 1.82) is 0 Å². The van der Waals surface area contributed by atoms with E-state index in [4.69, 9.17) is 0 Å². The van der Waals surface area contributed by atoms with Gasteiger partial charge in [0, 0.05) is 31.7 Å². The van der Waals surface area contributed by atoms with E-state index in [1.165, 1.54) is 19.4 Å². The average molecular weight is 420 g/mol. The summed E-state index contributed by atoms with van der Waals surface area (Å²) in [5.41, 5.74) is 2.19. The smallest absolute Gasteiger partial charge is 0.158 e. The van der Waals surface area contributed by atoms with E-state index < -0.39 is 0 Å². The lowest BCUT2D eigenvalue weighted by atomic mass is 9.87. The molecule has 0 spiro atoms. The second kappa shape index (κ2) is 10.5. The highest BCUT2D eigenvalue weighted by atomic mass is 16.1. The topological polar surface area (TPSA) is 35.6 Å². The Morgan fingerprint density at radius 2 is 1.39 bits per heavy atom.